The SMILES string of the molecule is CCCCCCC1C(C)CCN1c1ncc2c3c(c(-c4ncc(F)c5c4C(C#N)=C(N)CS5)c(P)c2n1)COC3. The van der Waals surface area contributed by atoms with Crippen molar-refractivity contribution >= 4 is 48.7 Å². The Morgan fingerprint density at radius 1 is 1.20 bits per heavy atom. The van der Waals surface area contributed by atoms with Crippen LogP contribution in [0.4, 0.5) is 10.3 Å². The second-order valence-electron chi connectivity index (χ2n) is 11.0. The van der Waals surface area contributed by atoms with Crippen molar-refractivity contribution < 1.29 is 9.13 Å². The maximum atomic E-state index is 14.9. The molecule has 7 nitrogen and oxygen atoms in total. The van der Waals surface area contributed by atoms with Gasteiger partial charge in [-0.15, -0.1) is 21.0 Å². The van der Waals surface area contributed by atoms with Gasteiger partial charge in [0.2, 0.25) is 5.95 Å². The summed E-state index contributed by atoms with van der Waals surface area (Å²) in [5.74, 6) is 1.26. The van der Waals surface area contributed by atoms with Crippen LogP contribution in [-0.4, -0.2) is 33.3 Å². The molecule has 3 aliphatic rings. The van der Waals surface area contributed by atoms with E-state index in [9.17, 15) is 9.65 Å². The molecule has 2 N–H and O–H groups in total. The highest BCUT2D eigenvalue weighted by Gasteiger charge is 2.34. The van der Waals surface area contributed by atoms with Gasteiger partial charge >= 0.3 is 0 Å². The molecule has 0 spiro atoms. The van der Waals surface area contributed by atoms with Crippen molar-refractivity contribution in [3.63, 3.8) is 0 Å². The van der Waals surface area contributed by atoms with Gasteiger partial charge < -0.3 is 15.4 Å². The highest BCUT2D eigenvalue weighted by Crippen LogP contribution is 2.45. The first kappa shape index (κ1) is 27.4. The van der Waals surface area contributed by atoms with Crippen molar-refractivity contribution in [3.05, 3.63) is 40.6 Å². The van der Waals surface area contributed by atoms with Crippen molar-refractivity contribution in [2.75, 3.05) is 17.2 Å². The number of nitriles is 1. The Kier molecular flexibility index (Phi) is 7.69. The molecule has 0 bridgehead atoms. The van der Waals surface area contributed by atoms with Crippen molar-refractivity contribution in [1.82, 2.24) is 15.0 Å². The lowest BCUT2D eigenvalue weighted by molar-refractivity contribution is 0.135. The van der Waals surface area contributed by atoms with Crippen LogP contribution in [-0.2, 0) is 18.0 Å². The van der Waals surface area contributed by atoms with Gasteiger partial charge in [0.1, 0.15) is 6.07 Å². The monoisotopic (exact) mass is 576 g/mol. The predicted molar refractivity (Wildman–Crippen MR) is 162 cm³/mol. The molecule has 3 unspecified atom stereocenters. The third kappa shape index (κ3) is 4.55. The van der Waals surface area contributed by atoms with Crippen LogP contribution in [0.5, 0.6) is 0 Å². The van der Waals surface area contributed by atoms with Gasteiger partial charge in [0.15, 0.2) is 5.82 Å². The van der Waals surface area contributed by atoms with E-state index < -0.39 is 5.82 Å². The number of nitrogens with two attached hydrogens (primary N) is 1. The number of nitrogens with zero attached hydrogens (tertiary/aromatic N) is 5. The topological polar surface area (TPSA) is 101 Å². The summed E-state index contributed by atoms with van der Waals surface area (Å²) in [5, 5.41) is 11.8. The lowest BCUT2D eigenvalue weighted by Crippen LogP contribution is -2.33. The molecule has 3 atom stereocenters. The molecule has 0 amide bonds. The average molecular weight is 577 g/mol. The van der Waals surface area contributed by atoms with Crippen molar-refractivity contribution in [2.45, 2.75) is 76.5 Å². The summed E-state index contributed by atoms with van der Waals surface area (Å²) in [6.07, 6.45) is 10.4. The quantitative estimate of drug-likeness (QED) is 0.276. The average Bonchev–Trinajstić information content (AvgIpc) is 3.59. The number of benzene rings is 1. The first-order chi connectivity index (χ1) is 19.4. The number of ether oxygens (including phenoxy) is 1. The van der Waals surface area contributed by atoms with E-state index in [1.165, 1.54) is 43.6 Å². The number of unbranched alkanes of at least 4 members (excludes halogenated alkanes) is 3. The first-order valence-corrected chi connectivity index (χ1v) is 15.7. The minimum atomic E-state index is -0.444. The molecule has 6 rings (SSSR count). The van der Waals surface area contributed by atoms with E-state index in [2.05, 4.69) is 39.0 Å². The molecule has 0 radical (unpaired) electrons. The molecule has 40 heavy (non-hydrogen) atoms. The van der Waals surface area contributed by atoms with Crippen molar-refractivity contribution in [1.29, 1.82) is 5.26 Å². The number of anilines is 1. The summed E-state index contributed by atoms with van der Waals surface area (Å²) < 4.78 is 20.9. The van der Waals surface area contributed by atoms with Crippen LogP contribution in [0.3, 0.4) is 0 Å². The van der Waals surface area contributed by atoms with Crippen molar-refractivity contribution in [2.24, 2.45) is 11.7 Å². The van der Waals surface area contributed by atoms with E-state index >= 15 is 0 Å². The molecule has 2 aromatic heterocycles. The fourth-order valence-corrected chi connectivity index (χ4v) is 7.91. The molecule has 0 saturated carbocycles. The zero-order chi connectivity index (χ0) is 28.0. The molecular formula is C30H34FN6OPS. The number of fused-ring (bicyclic) bond motifs is 4. The van der Waals surface area contributed by atoms with Crippen LogP contribution in [0.2, 0.25) is 0 Å². The first-order valence-electron chi connectivity index (χ1n) is 14.1. The largest absolute Gasteiger partial charge is 0.400 e. The Morgan fingerprint density at radius 3 is 2.83 bits per heavy atom. The number of pyridine rings is 1. The van der Waals surface area contributed by atoms with Crippen LogP contribution < -0.4 is 15.9 Å². The summed E-state index contributed by atoms with van der Waals surface area (Å²) in [6.45, 7) is 6.36. The summed E-state index contributed by atoms with van der Waals surface area (Å²) >= 11 is 1.30. The normalized spacial score (nSPS) is 20.2. The third-order valence-corrected chi connectivity index (χ3v) is 10.3. The maximum Gasteiger partial charge on any atom is 0.226 e. The standard InChI is InChI=1S/C30H34FN6OPS/c1-3-4-5-6-7-23-16(2)8-9-37(23)30-35-11-18-19-13-38-14-20(19)24(28(39)26(18)36-30)27-25-17(10-32)22(33)15-40-29(25)21(31)12-34-27/h11-12,16,23H,3-9,13-15,33,39H2,1-2H3. The molecule has 3 aromatic rings. The number of hydrogen-bond donors (Lipinski definition) is 1. The lowest BCUT2D eigenvalue weighted by Gasteiger charge is -2.28. The number of aromatic nitrogens is 3. The number of hydrogen-bond acceptors (Lipinski definition) is 8. The van der Waals surface area contributed by atoms with Crippen LogP contribution in [0, 0.1) is 23.1 Å². The van der Waals surface area contributed by atoms with Gasteiger partial charge in [0.05, 0.1) is 41.1 Å². The molecule has 5 heterocycles. The van der Waals surface area contributed by atoms with E-state index in [1.54, 1.807) is 0 Å². The molecular weight excluding hydrogens is 542 g/mol. The van der Waals surface area contributed by atoms with E-state index in [0.717, 1.165) is 58.2 Å². The molecule has 208 valence electrons. The fraction of sp³-hybridized carbons (Fsp3) is 0.467. The molecule has 3 aliphatic heterocycles. The molecule has 1 aromatic carbocycles. The Morgan fingerprint density at radius 2 is 2.02 bits per heavy atom. The minimum Gasteiger partial charge on any atom is -0.400 e. The summed E-state index contributed by atoms with van der Waals surface area (Å²) in [7, 11) is 2.85. The fourth-order valence-electron chi connectivity index (χ4n) is 6.40. The lowest BCUT2D eigenvalue weighted by atomic mass is 9.92. The van der Waals surface area contributed by atoms with E-state index in [-0.39, 0.29) is 5.57 Å². The van der Waals surface area contributed by atoms with Gasteiger partial charge in [0.25, 0.3) is 0 Å². The minimum absolute atomic E-state index is 0.285. The van der Waals surface area contributed by atoms with E-state index in [1.807, 2.05) is 6.20 Å². The number of rotatable bonds is 7. The highest BCUT2D eigenvalue weighted by atomic mass is 32.2. The smallest absolute Gasteiger partial charge is 0.226 e. The third-order valence-electron chi connectivity index (χ3n) is 8.56. The summed E-state index contributed by atoms with van der Waals surface area (Å²) in [4.78, 5) is 17.4. The predicted octanol–water partition coefficient (Wildman–Crippen LogP) is 5.85. The second-order valence-corrected chi connectivity index (χ2v) is 12.6. The van der Waals surface area contributed by atoms with Crippen LogP contribution >= 0.6 is 21.0 Å². The number of allylic oxidation sites excluding steroid dienone is 1. The van der Waals surface area contributed by atoms with Gasteiger partial charge in [-0.25, -0.2) is 14.4 Å². The zero-order valence-electron chi connectivity index (χ0n) is 23.0. The van der Waals surface area contributed by atoms with Gasteiger partial charge in [-0.2, -0.15) is 5.26 Å². The van der Waals surface area contributed by atoms with Crippen molar-refractivity contribution in [3.8, 4) is 17.3 Å². The zero-order valence-corrected chi connectivity index (χ0v) is 24.9. The maximum absolute atomic E-state index is 14.9. The Bertz CT molecular complexity index is 1570. The molecule has 1 saturated heterocycles. The summed E-state index contributed by atoms with van der Waals surface area (Å²) in [5.41, 5.74) is 11.6. The Balaban J connectivity index is 1.50. The van der Waals surface area contributed by atoms with Gasteiger partial charge in [-0.1, -0.05) is 39.5 Å². The van der Waals surface area contributed by atoms with E-state index in [0.29, 0.717) is 52.8 Å². The molecule has 0 aliphatic carbocycles. The van der Waals surface area contributed by atoms with Gasteiger partial charge in [0, 0.05) is 52.1 Å². The van der Waals surface area contributed by atoms with Crippen LogP contribution in [0.1, 0.15) is 69.1 Å². The second kappa shape index (κ2) is 11.2. The Hall–Kier alpha value is -2.79. The summed E-state index contributed by atoms with van der Waals surface area (Å²) in [6, 6.07) is 2.64. The molecule has 1 fully saturated rings. The Labute approximate surface area is 241 Å². The van der Waals surface area contributed by atoms with Gasteiger partial charge in [-0.05, 0) is 29.9 Å². The molecule has 10 heteroatoms. The van der Waals surface area contributed by atoms with E-state index in [4.69, 9.17) is 20.4 Å². The van der Waals surface area contributed by atoms with Gasteiger partial charge in [-0.3, -0.25) is 4.98 Å². The number of thioether (sulfide) groups is 1. The number of halogens is 1. The van der Waals surface area contributed by atoms with Crippen LogP contribution in [0.15, 0.2) is 23.0 Å². The highest BCUT2D eigenvalue weighted by molar-refractivity contribution is 7.99. The van der Waals surface area contributed by atoms with Crippen LogP contribution in [0.25, 0.3) is 27.7 Å².